The number of esters is 1. The Labute approximate surface area is 80.7 Å². The van der Waals surface area contributed by atoms with Crippen LogP contribution < -0.4 is 0 Å². The number of oxazole rings is 1. The summed E-state index contributed by atoms with van der Waals surface area (Å²) in [5.41, 5.74) is 0. The fraction of sp³-hybridized carbons (Fsp3) is 0.500. The van der Waals surface area contributed by atoms with Crippen molar-refractivity contribution >= 4 is 17.7 Å². The standard InChI is InChI=1S/C8H11NO3S/c1-11-7(10)3-2-6-13-8-9-4-5-12-8/h4-5H,2-3,6H2,1H3. The Kier molecular flexibility index (Phi) is 4.39. The highest BCUT2D eigenvalue weighted by Crippen LogP contribution is 2.16. The Morgan fingerprint density at radius 2 is 2.62 bits per heavy atom. The predicted molar refractivity (Wildman–Crippen MR) is 48.5 cm³/mol. The molecule has 13 heavy (non-hydrogen) atoms. The van der Waals surface area contributed by atoms with Gasteiger partial charge in [-0.25, -0.2) is 4.98 Å². The Balaban J connectivity index is 2.05. The van der Waals surface area contributed by atoms with E-state index in [4.69, 9.17) is 4.42 Å². The molecular formula is C8H11NO3S. The Bertz CT molecular complexity index is 248. The first kappa shape index (κ1) is 10.1. The van der Waals surface area contributed by atoms with Gasteiger partial charge in [0.25, 0.3) is 5.22 Å². The number of rotatable bonds is 5. The molecule has 0 unspecified atom stereocenters. The molecule has 1 aromatic heterocycles. The minimum Gasteiger partial charge on any atom is -0.469 e. The molecule has 0 spiro atoms. The van der Waals surface area contributed by atoms with E-state index in [1.165, 1.54) is 25.1 Å². The van der Waals surface area contributed by atoms with E-state index < -0.39 is 0 Å². The molecule has 0 aromatic carbocycles. The van der Waals surface area contributed by atoms with Crippen LogP contribution in [0.1, 0.15) is 12.8 Å². The van der Waals surface area contributed by atoms with Gasteiger partial charge in [-0.05, 0) is 6.42 Å². The monoisotopic (exact) mass is 201 g/mol. The molecule has 1 rings (SSSR count). The van der Waals surface area contributed by atoms with Crippen molar-refractivity contribution in [2.45, 2.75) is 18.1 Å². The average molecular weight is 201 g/mol. The van der Waals surface area contributed by atoms with Crippen LogP contribution in [0.15, 0.2) is 22.1 Å². The Morgan fingerprint density at radius 1 is 1.77 bits per heavy atom. The molecule has 0 aliphatic heterocycles. The van der Waals surface area contributed by atoms with E-state index in [0.717, 1.165) is 12.2 Å². The molecule has 0 N–H and O–H groups in total. The highest BCUT2D eigenvalue weighted by Gasteiger charge is 2.01. The number of thioether (sulfide) groups is 1. The number of aromatic nitrogens is 1. The van der Waals surface area contributed by atoms with Crippen molar-refractivity contribution in [3.63, 3.8) is 0 Å². The Morgan fingerprint density at radius 3 is 3.23 bits per heavy atom. The Hall–Kier alpha value is -0.970. The summed E-state index contributed by atoms with van der Waals surface area (Å²) >= 11 is 1.49. The van der Waals surface area contributed by atoms with Gasteiger partial charge in [-0.1, -0.05) is 11.8 Å². The second kappa shape index (κ2) is 5.64. The minimum absolute atomic E-state index is 0.173. The van der Waals surface area contributed by atoms with Gasteiger partial charge in [-0.3, -0.25) is 4.79 Å². The van der Waals surface area contributed by atoms with E-state index in [9.17, 15) is 4.79 Å². The summed E-state index contributed by atoms with van der Waals surface area (Å²) < 4.78 is 9.50. The maximum atomic E-state index is 10.7. The first-order valence-electron chi connectivity index (χ1n) is 3.92. The maximum absolute atomic E-state index is 10.7. The second-order valence-corrected chi connectivity index (χ2v) is 3.37. The van der Waals surface area contributed by atoms with Crippen molar-refractivity contribution in [2.24, 2.45) is 0 Å². The number of carbonyl (C=O) groups excluding carboxylic acids is 1. The van der Waals surface area contributed by atoms with Crippen LogP contribution in [0.2, 0.25) is 0 Å². The summed E-state index contributed by atoms with van der Waals surface area (Å²) in [6, 6.07) is 0. The van der Waals surface area contributed by atoms with Crippen molar-refractivity contribution in [1.29, 1.82) is 0 Å². The SMILES string of the molecule is COC(=O)CCCSc1ncco1. The minimum atomic E-state index is -0.173. The molecule has 1 heterocycles. The van der Waals surface area contributed by atoms with Crippen LogP contribution in [0.5, 0.6) is 0 Å². The van der Waals surface area contributed by atoms with Gasteiger partial charge in [0, 0.05) is 12.2 Å². The largest absolute Gasteiger partial charge is 0.469 e. The summed E-state index contributed by atoms with van der Waals surface area (Å²) in [6.45, 7) is 0. The number of carbonyl (C=O) groups is 1. The third kappa shape index (κ3) is 3.98. The van der Waals surface area contributed by atoms with Gasteiger partial charge in [0.15, 0.2) is 0 Å². The maximum Gasteiger partial charge on any atom is 0.305 e. The van der Waals surface area contributed by atoms with E-state index in [0.29, 0.717) is 11.6 Å². The van der Waals surface area contributed by atoms with Crippen molar-refractivity contribution in [3.8, 4) is 0 Å². The van der Waals surface area contributed by atoms with Crippen molar-refractivity contribution in [2.75, 3.05) is 12.9 Å². The van der Waals surface area contributed by atoms with Crippen molar-refractivity contribution in [3.05, 3.63) is 12.5 Å². The average Bonchev–Trinajstić information content (AvgIpc) is 2.64. The van der Waals surface area contributed by atoms with Gasteiger partial charge in [0.1, 0.15) is 6.26 Å². The summed E-state index contributed by atoms with van der Waals surface area (Å²) in [4.78, 5) is 14.6. The molecular weight excluding hydrogens is 190 g/mol. The number of methoxy groups -OCH3 is 1. The van der Waals surface area contributed by atoms with Crippen molar-refractivity contribution < 1.29 is 13.9 Å². The van der Waals surface area contributed by atoms with Gasteiger partial charge in [0.2, 0.25) is 0 Å². The lowest BCUT2D eigenvalue weighted by Gasteiger charge is -1.97. The number of hydrogen-bond donors (Lipinski definition) is 0. The highest BCUT2D eigenvalue weighted by atomic mass is 32.2. The van der Waals surface area contributed by atoms with E-state index in [1.807, 2.05) is 0 Å². The molecule has 5 heteroatoms. The molecule has 0 fully saturated rings. The summed E-state index contributed by atoms with van der Waals surface area (Å²) in [7, 11) is 1.39. The predicted octanol–water partition coefficient (Wildman–Crippen LogP) is 1.72. The fourth-order valence-corrected chi connectivity index (χ4v) is 1.48. The first-order valence-corrected chi connectivity index (χ1v) is 4.90. The third-order valence-electron chi connectivity index (χ3n) is 1.39. The third-order valence-corrected chi connectivity index (χ3v) is 2.33. The van der Waals surface area contributed by atoms with Crippen LogP contribution in [0.25, 0.3) is 0 Å². The molecule has 72 valence electrons. The van der Waals surface area contributed by atoms with E-state index in [2.05, 4.69) is 9.72 Å². The molecule has 0 radical (unpaired) electrons. The topological polar surface area (TPSA) is 52.3 Å². The van der Waals surface area contributed by atoms with Crippen LogP contribution in [0.3, 0.4) is 0 Å². The molecule has 1 aromatic rings. The molecule has 0 amide bonds. The van der Waals surface area contributed by atoms with Crippen molar-refractivity contribution in [1.82, 2.24) is 4.98 Å². The van der Waals surface area contributed by atoms with Crippen LogP contribution in [-0.4, -0.2) is 23.8 Å². The normalized spacial score (nSPS) is 9.92. The highest BCUT2D eigenvalue weighted by molar-refractivity contribution is 7.99. The second-order valence-electron chi connectivity index (χ2n) is 2.33. The lowest BCUT2D eigenvalue weighted by Crippen LogP contribution is -1.99. The van der Waals surface area contributed by atoms with Crippen LogP contribution in [-0.2, 0) is 9.53 Å². The van der Waals surface area contributed by atoms with Gasteiger partial charge in [0.05, 0.1) is 13.3 Å². The summed E-state index contributed by atoms with van der Waals surface area (Å²) in [5, 5.41) is 0.643. The quantitative estimate of drug-likeness (QED) is 0.412. The van der Waals surface area contributed by atoms with Crippen LogP contribution >= 0.6 is 11.8 Å². The van der Waals surface area contributed by atoms with Gasteiger partial charge >= 0.3 is 5.97 Å². The number of nitrogens with zero attached hydrogens (tertiary/aromatic N) is 1. The van der Waals surface area contributed by atoms with Crippen LogP contribution in [0, 0.1) is 0 Å². The molecule has 4 nitrogen and oxygen atoms in total. The summed E-state index contributed by atoms with van der Waals surface area (Å²) in [5.74, 6) is 0.642. The fourth-order valence-electron chi connectivity index (χ4n) is 0.760. The van der Waals surface area contributed by atoms with Gasteiger partial charge in [-0.15, -0.1) is 0 Å². The van der Waals surface area contributed by atoms with E-state index in [-0.39, 0.29) is 5.97 Å². The first-order chi connectivity index (χ1) is 6.33. The molecule has 0 saturated carbocycles. The molecule has 0 aliphatic rings. The zero-order valence-electron chi connectivity index (χ0n) is 7.36. The smallest absolute Gasteiger partial charge is 0.305 e. The summed E-state index contributed by atoms with van der Waals surface area (Å²) in [6.07, 6.45) is 4.36. The van der Waals surface area contributed by atoms with E-state index >= 15 is 0 Å². The zero-order valence-corrected chi connectivity index (χ0v) is 8.17. The number of ether oxygens (including phenoxy) is 1. The van der Waals surface area contributed by atoms with Crippen LogP contribution in [0.4, 0.5) is 0 Å². The zero-order chi connectivity index (χ0) is 9.52. The number of hydrogen-bond acceptors (Lipinski definition) is 5. The molecule has 0 saturated heterocycles. The van der Waals surface area contributed by atoms with E-state index in [1.54, 1.807) is 6.20 Å². The lowest BCUT2D eigenvalue weighted by atomic mass is 10.3. The van der Waals surface area contributed by atoms with Gasteiger partial charge < -0.3 is 9.15 Å². The molecule has 0 aliphatic carbocycles. The lowest BCUT2D eigenvalue weighted by molar-refractivity contribution is -0.140. The van der Waals surface area contributed by atoms with Gasteiger partial charge in [-0.2, -0.15) is 0 Å². The molecule has 0 bridgehead atoms. The molecule has 0 atom stereocenters.